The van der Waals surface area contributed by atoms with E-state index in [2.05, 4.69) is 39.1 Å². The zero-order valence-corrected chi connectivity index (χ0v) is 10.0. The van der Waals surface area contributed by atoms with E-state index >= 15 is 0 Å². The molecule has 1 aliphatic heterocycles. The molecular formula is C13H15N5. The lowest BCUT2D eigenvalue weighted by Crippen LogP contribution is -2.32. The Morgan fingerprint density at radius 3 is 2.39 bits per heavy atom. The highest BCUT2D eigenvalue weighted by Crippen LogP contribution is 2.22. The lowest BCUT2D eigenvalue weighted by Gasteiger charge is -2.28. The van der Waals surface area contributed by atoms with Crippen LogP contribution in [0.15, 0.2) is 30.3 Å². The lowest BCUT2D eigenvalue weighted by molar-refractivity contribution is 0.709. The molecule has 0 unspecified atom stereocenters. The van der Waals surface area contributed by atoms with Crippen molar-refractivity contribution >= 4 is 17.6 Å². The number of hydrogen-bond acceptors (Lipinski definition) is 5. The third kappa shape index (κ3) is 1.95. The largest absolute Gasteiger partial charge is 0.383 e. The highest BCUT2D eigenvalue weighted by atomic mass is 15.3. The van der Waals surface area contributed by atoms with Gasteiger partial charge in [-0.3, -0.25) is 0 Å². The lowest BCUT2D eigenvalue weighted by atomic mass is 10.0. The standard InChI is InChI=1S/C13H15N5/c14-11-7-12(15)17-13(16-11)18-6-5-9-3-1-2-4-10(9)8-18/h1-4,7H,5-6,8H2,(H4,14,15,16,17). The van der Waals surface area contributed by atoms with Crippen molar-refractivity contribution < 1.29 is 0 Å². The fourth-order valence-electron chi connectivity index (χ4n) is 2.28. The Kier molecular flexibility index (Phi) is 2.51. The van der Waals surface area contributed by atoms with E-state index in [-0.39, 0.29) is 0 Å². The van der Waals surface area contributed by atoms with E-state index < -0.39 is 0 Å². The molecule has 1 aromatic carbocycles. The molecule has 1 aliphatic rings. The second kappa shape index (κ2) is 4.18. The first kappa shape index (κ1) is 10.8. The fourth-order valence-corrected chi connectivity index (χ4v) is 2.28. The summed E-state index contributed by atoms with van der Waals surface area (Å²) in [5.74, 6) is 1.44. The molecule has 0 amide bonds. The van der Waals surface area contributed by atoms with E-state index in [9.17, 15) is 0 Å². The van der Waals surface area contributed by atoms with Gasteiger partial charge in [0.2, 0.25) is 5.95 Å². The molecule has 0 atom stereocenters. The van der Waals surface area contributed by atoms with Crippen LogP contribution >= 0.6 is 0 Å². The van der Waals surface area contributed by atoms with Gasteiger partial charge >= 0.3 is 0 Å². The normalized spacial score (nSPS) is 14.3. The summed E-state index contributed by atoms with van der Waals surface area (Å²) in [4.78, 5) is 10.6. The van der Waals surface area contributed by atoms with Crippen LogP contribution < -0.4 is 16.4 Å². The zero-order valence-electron chi connectivity index (χ0n) is 10.0. The molecule has 0 saturated carbocycles. The van der Waals surface area contributed by atoms with Gasteiger partial charge in [0.15, 0.2) is 0 Å². The number of anilines is 3. The minimum Gasteiger partial charge on any atom is -0.383 e. The molecule has 92 valence electrons. The summed E-state index contributed by atoms with van der Waals surface area (Å²) in [6, 6.07) is 10.0. The first-order valence-corrected chi connectivity index (χ1v) is 5.94. The van der Waals surface area contributed by atoms with Crippen molar-refractivity contribution in [3.05, 3.63) is 41.5 Å². The third-order valence-corrected chi connectivity index (χ3v) is 3.17. The number of rotatable bonds is 1. The van der Waals surface area contributed by atoms with Gasteiger partial charge in [0, 0.05) is 19.2 Å². The predicted molar refractivity (Wildman–Crippen MR) is 72.1 cm³/mol. The summed E-state index contributed by atoms with van der Waals surface area (Å²) in [5.41, 5.74) is 14.1. The monoisotopic (exact) mass is 241 g/mol. The Bertz CT molecular complexity index is 561. The third-order valence-electron chi connectivity index (χ3n) is 3.17. The van der Waals surface area contributed by atoms with Crippen LogP contribution in [0.25, 0.3) is 0 Å². The molecule has 18 heavy (non-hydrogen) atoms. The van der Waals surface area contributed by atoms with Crippen LogP contribution in [0.4, 0.5) is 17.6 Å². The van der Waals surface area contributed by atoms with Gasteiger partial charge in [-0.05, 0) is 17.5 Å². The highest BCUT2D eigenvalue weighted by Gasteiger charge is 2.18. The zero-order chi connectivity index (χ0) is 12.5. The van der Waals surface area contributed by atoms with Crippen LogP contribution in [0.3, 0.4) is 0 Å². The van der Waals surface area contributed by atoms with Gasteiger partial charge in [-0.15, -0.1) is 0 Å². The Morgan fingerprint density at radius 1 is 1.00 bits per heavy atom. The Labute approximate surface area is 105 Å². The molecule has 0 radical (unpaired) electrons. The number of nitrogens with two attached hydrogens (primary N) is 2. The van der Waals surface area contributed by atoms with Gasteiger partial charge in [-0.1, -0.05) is 24.3 Å². The van der Waals surface area contributed by atoms with Crippen LogP contribution in [0.2, 0.25) is 0 Å². The van der Waals surface area contributed by atoms with Crippen LogP contribution in [-0.4, -0.2) is 16.5 Å². The number of nitrogens with zero attached hydrogens (tertiary/aromatic N) is 3. The average Bonchev–Trinajstić information content (AvgIpc) is 2.37. The van der Waals surface area contributed by atoms with E-state index in [1.165, 1.54) is 11.1 Å². The number of aromatic nitrogens is 2. The molecule has 2 heterocycles. The van der Waals surface area contributed by atoms with Crippen molar-refractivity contribution in [1.29, 1.82) is 0 Å². The maximum Gasteiger partial charge on any atom is 0.229 e. The summed E-state index contributed by atoms with van der Waals surface area (Å²) in [6.07, 6.45) is 0.994. The Morgan fingerprint density at radius 2 is 1.67 bits per heavy atom. The molecule has 0 saturated heterocycles. The molecule has 3 rings (SSSR count). The minimum absolute atomic E-state index is 0.413. The van der Waals surface area contributed by atoms with Gasteiger partial charge in [-0.25, -0.2) is 0 Å². The SMILES string of the molecule is Nc1cc(N)nc(N2CCc3ccccc3C2)n1. The topological polar surface area (TPSA) is 81.1 Å². The number of fused-ring (bicyclic) bond motifs is 1. The number of nitrogen functional groups attached to an aromatic ring is 2. The molecule has 0 bridgehead atoms. The van der Waals surface area contributed by atoms with Gasteiger partial charge in [-0.2, -0.15) is 9.97 Å². The molecule has 5 heteroatoms. The number of hydrogen-bond donors (Lipinski definition) is 2. The van der Waals surface area contributed by atoms with Gasteiger partial charge in [0.05, 0.1) is 0 Å². The molecule has 5 nitrogen and oxygen atoms in total. The van der Waals surface area contributed by atoms with Crippen LogP contribution in [-0.2, 0) is 13.0 Å². The van der Waals surface area contributed by atoms with Crippen molar-refractivity contribution in [1.82, 2.24) is 9.97 Å². The van der Waals surface area contributed by atoms with Gasteiger partial charge in [0.25, 0.3) is 0 Å². The maximum atomic E-state index is 5.70. The first-order chi connectivity index (χ1) is 8.72. The van der Waals surface area contributed by atoms with Crippen molar-refractivity contribution in [3.63, 3.8) is 0 Å². The van der Waals surface area contributed by atoms with Crippen LogP contribution in [0, 0.1) is 0 Å². The Hall–Kier alpha value is -2.30. The molecule has 1 aromatic heterocycles. The minimum atomic E-state index is 0.413. The van der Waals surface area contributed by atoms with E-state index in [1.807, 2.05) is 0 Å². The summed E-state index contributed by atoms with van der Waals surface area (Å²) in [7, 11) is 0. The van der Waals surface area contributed by atoms with Crippen molar-refractivity contribution in [2.75, 3.05) is 22.9 Å². The van der Waals surface area contributed by atoms with Crippen molar-refractivity contribution in [2.45, 2.75) is 13.0 Å². The first-order valence-electron chi connectivity index (χ1n) is 5.94. The van der Waals surface area contributed by atoms with Gasteiger partial charge in [0.1, 0.15) is 11.6 Å². The maximum absolute atomic E-state index is 5.70. The summed E-state index contributed by atoms with van der Waals surface area (Å²) < 4.78 is 0. The van der Waals surface area contributed by atoms with E-state index in [4.69, 9.17) is 11.5 Å². The van der Waals surface area contributed by atoms with Crippen molar-refractivity contribution in [3.8, 4) is 0 Å². The smallest absolute Gasteiger partial charge is 0.229 e. The molecular weight excluding hydrogens is 226 g/mol. The Balaban J connectivity index is 1.91. The summed E-state index contributed by atoms with van der Waals surface area (Å²) >= 11 is 0. The molecule has 0 aliphatic carbocycles. The second-order valence-corrected chi connectivity index (χ2v) is 4.46. The molecule has 4 N–H and O–H groups in total. The summed E-state index contributed by atoms with van der Waals surface area (Å²) in [5, 5.41) is 0. The van der Waals surface area contributed by atoms with Crippen LogP contribution in [0.1, 0.15) is 11.1 Å². The average molecular weight is 241 g/mol. The second-order valence-electron chi connectivity index (χ2n) is 4.46. The highest BCUT2D eigenvalue weighted by molar-refractivity contribution is 5.49. The van der Waals surface area contributed by atoms with Crippen LogP contribution in [0.5, 0.6) is 0 Å². The van der Waals surface area contributed by atoms with E-state index in [0.717, 1.165) is 19.5 Å². The predicted octanol–water partition coefficient (Wildman–Crippen LogP) is 1.20. The quantitative estimate of drug-likeness (QED) is 0.784. The summed E-state index contributed by atoms with van der Waals surface area (Å²) in [6.45, 7) is 1.69. The van der Waals surface area contributed by atoms with E-state index in [1.54, 1.807) is 6.07 Å². The van der Waals surface area contributed by atoms with E-state index in [0.29, 0.717) is 17.6 Å². The van der Waals surface area contributed by atoms with Crippen molar-refractivity contribution in [2.24, 2.45) is 0 Å². The molecule has 0 spiro atoms. The molecule has 0 fully saturated rings. The fraction of sp³-hybridized carbons (Fsp3) is 0.231. The number of benzene rings is 1. The molecule has 2 aromatic rings. The van der Waals surface area contributed by atoms with Gasteiger partial charge < -0.3 is 16.4 Å².